The van der Waals surface area contributed by atoms with Crippen molar-refractivity contribution in [3.63, 3.8) is 0 Å². The summed E-state index contributed by atoms with van der Waals surface area (Å²) in [6, 6.07) is 9.47. The Labute approximate surface area is 288 Å². The van der Waals surface area contributed by atoms with Gasteiger partial charge < -0.3 is 43.2 Å². The van der Waals surface area contributed by atoms with E-state index in [-0.39, 0.29) is 70.4 Å². The second kappa shape index (κ2) is 18.2. The molecular formula is C32H38F6N8O3S. The topological polar surface area (TPSA) is 182 Å². The third-order valence-corrected chi connectivity index (χ3v) is 7.74. The van der Waals surface area contributed by atoms with Gasteiger partial charge in [0.15, 0.2) is 5.96 Å². The molecule has 0 heterocycles. The van der Waals surface area contributed by atoms with Crippen LogP contribution in [0.25, 0.3) is 0 Å². The molecule has 3 aromatic carbocycles. The lowest BCUT2D eigenvalue weighted by atomic mass is 10.1. The number of benzene rings is 3. The fourth-order valence-corrected chi connectivity index (χ4v) is 5.19. The summed E-state index contributed by atoms with van der Waals surface area (Å²) in [6.45, 7) is 2.76. The first-order valence-electron chi connectivity index (χ1n) is 15.3. The number of thioether (sulfide) groups is 1. The van der Waals surface area contributed by atoms with E-state index in [0.717, 1.165) is 36.0 Å². The molecule has 11 nitrogen and oxygen atoms in total. The van der Waals surface area contributed by atoms with Gasteiger partial charge >= 0.3 is 18.4 Å². The largest absolute Gasteiger partial charge is 0.457 e. The maximum absolute atomic E-state index is 13.9. The minimum atomic E-state index is -4.81. The van der Waals surface area contributed by atoms with Gasteiger partial charge in [-0.3, -0.25) is 9.79 Å². The molecule has 0 aliphatic heterocycles. The summed E-state index contributed by atoms with van der Waals surface area (Å²) in [5.74, 6) is -0.311. The van der Waals surface area contributed by atoms with Crippen LogP contribution in [0.5, 0.6) is 11.5 Å². The summed E-state index contributed by atoms with van der Waals surface area (Å²) in [7, 11) is 0. The van der Waals surface area contributed by atoms with Gasteiger partial charge in [0, 0.05) is 49.2 Å². The van der Waals surface area contributed by atoms with Crippen molar-refractivity contribution in [3.05, 3.63) is 65.7 Å². The molecule has 0 spiro atoms. The van der Waals surface area contributed by atoms with Gasteiger partial charge in [0.2, 0.25) is 5.91 Å². The van der Waals surface area contributed by atoms with Gasteiger partial charge in [-0.15, -0.1) is 11.8 Å². The molecule has 0 atom stereocenters. The van der Waals surface area contributed by atoms with Crippen LogP contribution in [-0.4, -0.2) is 43.3 Å². The average Bonchev–Trinajstić information content (AvgIpc) is 3.03. The summed E-state index contributed by atoms with van der Waals surface area (Å²) in [4.78, 5) is 29.6. The predicted molar refractivity (Wildman–Crippen MR) is 184 cm³/mol. The van der Waals surface area contributed by atoms with Gasteiger partial charge in [-0.2, -0.15) is 26.3 Å². The molecule has 0 saturated heterocycles. The van der Waals surface area contributed by atoms with E-state index in [1.807, 2.05) is 6.92 Å². The van der Waals surface area contributed by atoms with Crippen molar-refractivity contribution in [2.45, 2.75) is 49.9 Å². The van der Waals surface area contributed by atoms with Gasteiger partial charge in [0.25, 0.3) is 0 Å². The first kappa shape index (κ1) is 39.6. The van der Waals surface area contributed by atoms with Crippen molar-refractivity contribution >= 4 is 52.4 Å². The fourth-order valence-electron chi connectivity index (χ4n) is 4.33. The van der Waals surface area contributed by atoms with Crippen molar-refractivity contribution in [2.75, 3.05) is 46.7 Å². The Morgan fingerprint density at radius 1 is 0.820 bits per heavy atom. The normalized spacial score (nSPS) is 11.4. The van der Waals surface area contributed by atoms with E-state index in [0.29, 0.717) is 25.8 Å². The van der Waals surface area contributed by atoms with Gasteiger partial charge in [-0.05, 0) is 67.8 Å². The molecule has 0 aromatic heterocycles. The number of nitrogens with one attached hydrogen (secondary N) is 4. The summed E-state index contributed by atoms with van der Waals surface area (Å²) in [5.41, 5.74) is 14.2. The summed E-state index contributed by atoms with van der Waals surface area (Å²) in [6.07, 6.45) is -7.92. The van der Waals surface area contributed by atoms with Crippen LogP contribution in [0.2, 0.25) is 0 Å². The van der Waals surface area contributed by atoms with E-state index >= 15 is 0 Å². The molecular weight excluding hydrogens is 690 g/mol. The highest BCUT2D eigenvalue weighted by molar-refractivity contribution is 7.99. The highest BCUT2D eigenvalue weighted by Crippen LogP contribution is 2.41. The molecule has 0 unspecified atom stereocenters. The Balaban J connectivity index is 1.78. The van der Waals surface area contributed by atoms with E-state index in [1.54, 1.807) is 0 Å². The van der Waals surface area contributed by atoms with Crippen molar-refractivity contribution in [1.82, 2.24) is 0 Å². The second-order valence-electron chi connectivity index (χ2n) is 10.7. The number of carbonyl (C=O) groups excluding carboxylic acids is 2. The lowest BCUT2D eigenvalue weighted by Gasteiger charge is -2.19. The third-order valence-electron chi connectivity index (χ3n) is 6.57. The van der Waals surface area contributed by atoms with Gasteiger partial charge in [-0.1, -0.05) is 6.92 Å². The molecule has 3 amide bonds. The molecule has 0 radical (unpaired) electrons. The van der Waals surface area contributed by atoms with Gasteiger partial charge in [0.1, 0.15) is 11.5 Å². The number of rotatable bonds is 16. The number of hydrogen-bond acceptors (Lipinski definition) is 7. The minimum Gasteiger partial charge on any atom is -0.457 e. The van der Waals surface area contributed by atoms with Crippen molar-refractivity contribution in [3.8, 4) is 11.5 Å². The zero-order valence-corrected chi connectivity index (χ0v) is 27.7. The molecule has 0 bridgehead atoms. The molecule has 3 rings (SSSR count). The number of unbranched alkanes of at least 4 members (excludes halogenated alkanes) is 1. The first-order chi connectivity index (χ1) is 23.6. The molecule has 0 fully saturated rings. The molecule has 0 aliphatic rings. The molecule has 50 heavy (non-hydrogen) atoms. The zero-order chi connectivity index (χ0) is 36.9. The van der Waals surface area contributed by atoms with E-state index in [2.05, 4.69) is 26.3 Å². The van der Waals surface area contributed by atoms with Crippen LogP contribution in [0.3, 0.4) is 0 Å². The van der Waals surface area contributed by atoms with E-state index in [1.165, 1.54) is 30.3 Å². The van der Waals surface area contributed by atoms with Crippen molar-refractivity contribution < 1.29 is 40.7 Å². The number of amides is 3. The van der Waals surface area contributed by atoms with Crippen molar-refractivity contribution in [2.24, 2.45) is 22.2 Å². The van der Waals surface area contributed by atoms with Crippen LogP contribution in [0, 0.1) is 0 Å². The lowest BCUT2D eigenvalue weighted by molar-refractivity contribution is -0.138. The zero-order valence-electron chi connectivity index (χ0n) is 26.9. The number of aliphatic imine (C=N–C) groups is 1. The average molecular weight is 729 g/mol. The number of hydrogen-bond donors (Lipinski definition) is 7. The molecule has 0 aliphatic carbocycles. The van der Waals surface area contributed by atoms with Crippen LogP contribution >= 0.6 is 11.8 Å². The van der Waals surface area contributed by atoms with Crippen LogP contribution in [0.15, 0.2) is 64.5 Å². The third kappa shape index (κ3) is 12.9. The van der Waals surface area contributed by atoms with Crippen LogP contribution in [-0.2, 0) is 17.1 Å². The molecule has 272 valence electrons. The first-order valence-corrected chi connectivity index (χ1v) is 16.3. The number of nitrogens with zero attached hydrogens (tertiary/aromatic N) is 1. The van der Waals surface area contributed by atoms with Crippen LogP contribution in [0.1, 0.15) is 43.7 Å². The standard InChI is InChI=1S/C32H38F6N8O3S/c1-2-11-42-22-14-19(31(33,34)35)15-24(18-22)49-23-8-6-21(7-9-23)44-30(48)46-26-17-20(32(36,37)38)16-25(28(26)50-13-10-39)45-27(47)5-3-4-12-43-29(40)41/h6-9,14-18,42H,2-5,10-13,39H2,1H3,(H,45,47)(H4,40,41,43)(H2,44,46,48). The Hall–Kier alpha value is -4.84. The number of guanidine groups is 1. The Morgan fingerprint density at radius 2 is 1.46 bits per heavy atom. The Morgan fingerprint density at radius 3 is 2.06 bits per heavy atom. The number of nitrogens with two attached hydrogens (primary N) is 3. The van der Waals surface area contributed by atoms with E-state index < -0.39 is 35.4 Å². The quantitative estimate of drug-likeness (QED) is 0.0262. The number of ether oxygens (including phenoxy) is 1. The van der Waals surface area contributed by atoms with Crippen molar-refractivity contribution in [1.29, 1.82) is 0 Å². The number of carbonyl (C=O) groups is 2. The number of alkyl halides is 6. The lowest BCUT2D eigenvalue weighted by Crippen LogP contribution is -2.23. The smallest absolute Gasteiger partial charge is 0.416 e. The Bertz CT molecular complexity index is 1630. The summed E-state index contributed by atoms with van der Waals surface area (Å²) < 4.78 is 87.7. The van der Waals surface area contributed by atoms with E-state index in [4.69, 9.17) is 21.9 Å². The summed E-state index contributed by atoms with van der Waals surface area (Å²) >= 11 is 1.04. The molecule has 3 aromatic rings. The SMILES string of the molecule is CCCNc1cc(Oc2ccc(NC(=O)Nc3cc(C(F)(F)F)cc(NC(=O)CCCCN=C(N)N)c3SCCN)cc2)cc(C(F)(F)F)c1. The molecule has 10 N–H and O–H groups in total. The highest BCUT2D eigenvalue weighted by atomic mass is 32.2. The maximum Gasteiger partial charge on any atom is 0.416 e. The Kier molecular flexibility index (Phi) is 14.4. The second-order valence-corrected chi connectivity index (χ2v) is 11.8. The number of urea groups is 1. The van der Waals surface area contributed by atoms with Gasteiger partial charge in [-0.25, -0.2) is 4.79 Å². The molecule has 18 heteroatoms. The van der Waals surface area contributed by atoms with E-state index in [9.17, 15) is 35.9 Å². The van der Waals surface area contributed by atoms with Crippen LogP contribution < -0.4 is 43.2 Å². The number of anilines is 4. The fraction of sp³-hybridized carbons (Fsp3) is 0.344. The monoisotopic (exact) mass is 728 g/mol. The maximum atomic E-state index is 13.9. The van der Waals surface area contributed by atoms with Crippen LogP contribution in [0.4, 0.5) is 53.9 Å². The van der Waals surface area contributed by atoms with Gasteiger partial charge in [0.05, 0.1) is 27.4 Å². The minimum absolute atomic E-state index is 0.0229. The number of halogens is 6. The summed E-state index contributed by atoms with van der Waals surface area (Å²) in [5, 5.41) is 10.3. The highest BCUT2D eigenvalue weighted by Gasteiger charge is 2.33. The molecule has 0 saturated carbocycles. The predicted octanol–water partition coefficient (Wildman–Crippen LogP) is 7.42.